The lowest BCUT2D eigenvalue weighted by Gasteiger charge is -2.23. The van der Waals surface area contributed by atoms with Crippen LogP contribution in [0.25, 0.3) is 0 Å². The van der Waals surface area contributed by atoms with E-state index in [-0.39, 0.29) is 18.1 Å². The van der Waals surface area contributed by atoms with E-state index in [9.17, 15) is 4.79 Å². The summed E-state index contributed by atoms with van der Waals surface area (Å²) in [6.45, 7) is 2.18. The molecule has 1 aliphatic carbocycles. The van der Waals surface area contributed by atoms with E-state index in [0.29, 0.717) is 32.1 Å². The molecule has 0 aromatic heterocycles. The van der Waals surface area contributed by atoms with Crippen LogP contribution in [-0.2, 0) is 16.1 Å². The van der Waals surface area contributed by atoms with Gasteiger partial charge in [0.1, 0.15) is 6.04 Å². The van der Waals surface area contributed by atoms with Gasteiger partial charge in [0.2, 0.25) is 5.91 Å². The van der Waals surface area contributed by atoms with Crippen LogP contribution >= 0.6 is 0 Å². The first-order chi connectivity index (χ1) is 11.8. The molecule has 1 aliphatic heterocycles. The Morgan fingerprint density at radius 2 is 2.21 bits per heavy atom. The summed E-state index contributed by atoms with van der Waals surface area (Å²) in [7, 11) is 1.64. The minimum absolute atomic E-state index is 0.0515. The zero-order valence-corrected chi connectivity index (χ0v) is 14.2. The average Bonchev–Trinajstić information content (AvgIpc) is 3.14. The molecule has 0 bridgehead atoms. The molecule has 6 heteroatoms. The van der Waals surface area contributed by atoms with Crippen LogP contribution in [0.5, 0.6) is 11.5 Å². The zero-order chi connectivity index (χ0) is 16.8. The van der Waals surface area contributed by atoms with Crippen LogP contribution in [0.4, 0.5) is 0 Å². The summed E-state index contributed by atoms with van der Waals surface area (Å²) in [6.07, 6.45) is 4.81. The Balaban J connectivity index is 1.66. The first kappa shape index (κ1) is 17.0. The van der Waals surface area contributed by atoms with E-state index in [0.717, 1.165) is 24.2 Å². The maximum Gasteiger partial charge on any atom is 0.239 e. The maximum atomic E-state index is 12.3. The minimum atomic E-state index is -0.288. The molecule has 1 saturated carbocycles. The molecule has 2 aliphatic rings. The standard InChI is InChI=1S/C18H26N2O4/c1-22-16-8-4-5-13(17(16)24-14-6-2-3-7-14)11-20-18(21)15-12-23-10-9-19-15/h4-5,8,14-15,19H,2-3,6-7,9-12H2,1H3,(H,20,21). The Morgan fingerprint density at radius 3 is 2.92 bits per heavy atom. The Hall–Kier alpha value is -1.79. The van der Waals surface area contributed by atoms with Gasteiger partial charge in [-0.25, -0.2) is 0 Å². The molecule has 24 heavy (non-hydrogen) atoms. The molecule has 6 nitrogen and oxygen atoms in total. The van der Waals surface area contributed by atoms with E-state index in [1.165, 1.54) is 12.8 Å². The number of carbonyl (C=O) groups excluding carboxylic acids is 1. The number of para-hydroxylation sites is 1. The van der Waals surface area contributed by atoms with Crippen molar-refractivity contribution in [1.82, 2.24) is 10.6 Å². The topological polar surface area (TPSA) is 68.8 Å². The second-order valence-electron chi connectivity index (χ2n) is 6.27. The molecule has 0 radical (unpaired) electrons. The second kappa shape index (κ2) is 8.35. The largest absolute Gasteiger partial charge is 0.493 e. The number of benzene rings is 1. The lowest BCUT2D eigenvalue weighted by molar-refractivity contribution is -0.126. The third-order valence-electron chi connectivity index (χ3n) is 4.56. The molecule has 1 heterocycles. The third-order valence-corrected chi connectivity index (χ3v) is 4.56. The maximum absolute atomic E-state index is 12.3. The molecule has 1 aromatic carbocycles. The van der Waals surface area contributed by atoms with Gasteiger partial charge in [0, 0.05) is 18.7 Å². The number of amides is 1. The van der Waals surface area contributed by atoms with Crippen molar-refractivity contribution in [2.45, 2.75) is 44.4 Å². The average molecular weight is 334 g/mol. The number of rotatable bonds is 6. The van der Waals surface area contributed by atoms with Gasteiger partial charge in [-0.3, -0.25) is 4.79 Å². The van der Waals surface area contributed by atoms with Gasteiger partial charge in [-0.05, 0) is 31.7 Å². The smallest absolute Gasteiger partial charge is 0.239 e. The monoisotopic (exact) mass is 334 g/mol. The van der Waals surface area contributed by atoms with Gasteiger partial charge in [-0.15, -0.1) is 0 Å². The fourth-order valence-corrected chi connectivity index (χ4v) is 3.21. The van der Waals surface area contributed by atoms with E-state index in [4.69, 9.17) is 14.2 Å². The number of hydrogen-bond acceptors (Lipinski definition) is 5. The van der Waals surface area contributed by atoms with Crippen molar-refractivity contribution in [3.05, 3.63) is 23.8 Å². The van der Waals surface area contributed by atoms with Gasteiger partial charge in [-0.2, -0.15) is 0 Å². The second-order valence-corrected chi connectivity index (χ2v) is 6.27. The van der Waals surface area contributed by atoms with Crippen molar-refractivity contribution in [2.24, 2.45) is 0 Å². The fourth-order valence-electron chi connectivity index (χ4n) is 3.21. The number of morpholine rings is 1. The summed E-state index contributed by atoms with van der Waals surface area (Å²) < 4.78 is 17.0. The van der Waals surface area contributed by atoms with Gasteiger partial charge in [0.15, 0.2) is 11.5 Å². The van der Waals surface area contributed by atoms with Crippen LogP contribution in [0, 0.1) is 0 Å². The SMILES string of the molecule is COc1cccc(CNC(=O)C2COCCN2)c1OC1CCCC1. The number of carbonyl (C=O) groups is 1. The molecule has 1 saturated heterocycles. The van der Waals surface area contributed by atoms with E-state index in [1.54, 1.807) is 7.11 Å². The molecule has 1 unspecified atom stereocenters. The van der Waals surface area contributed by atoms with Crippen LogP contribution < -0.4 is 20.1 Å². The minimum Gasteiger partial charge on any atom is -0.493 e. The Labute approximate surface area is 142 Å². The molecular formula is C18H26N2O4. The highest BCUT2D eigenvalue weighted by atomic mass is 16.5. The number of methoxy groups -OCH3 is 1. The molecule has 132 valence electrons. The summed E-state index contributed by atoms with van der Waals surface area (Å²) >= 11 is 0. The Kier molecular flexibility index (Phi) is 5.93. The van der Waals surface area contributed by atoms with E-state index >= 15 is 0 Å². The van der Waals surface area contributed by atoms with Crippen LogP contribution in [0.3, 0.4) is 0 Å². The van der Waals surface area contributed by atoms with Gasteiger partial charge < -0.3 is 24.8 Å². The number of nitrogens with one attached hydrogen (secondary N) is 2. The van der Waals surface area contributed by atoms with Crippen molar-refractivity contribution in [3.63, 3.8) is 0 Å². The van der Waals surface area contributed by atoms with Crippen LogP contribution in [0.15, 0.2) is 18.2 Å². The van der Waals surface area contributed by atoms with Crippen molar-refractivity contribution in [2.75, 3.05) is 26.9 Å². The third kappa shape index (κ3) is 4.19. The van der Waals surface area contributed by atoms with E-state index in [2.05, 4.69) is 10.6 Å². The molecule has 1 aromatic rings. The predicted molar refractivity (Wildman–Crippen MR) is 90.3 cm³/mol. The zero-order valence-electron chi connectivity index (χ0n) is 14.2. The summed E-state index contributed by atoms with van der Waals surface area (Å²) in [5, 5.41) is 6.13. The molecular weight excluding hydrogens is 308 g/mol. The molecule has 1 amide bonds. The lowest BCUT2D eigenvalue weighted by atomic mass is 10.1. The molecule has 1 atom stereocenters. The van der Waals surface area contributed by atoms with Crippen molar-refractivity contribution in [1.29, 1.82) is 0 Å². The summed E-state index contributed by atoms with van der Waals surface area (Å²) in [5.41, 5.74) is 0.936. The van der Waals surface area contributed by atoms with Gasteiger partial charge >= 0.3 is 0 Å². The highest BCUT2D eigenvalue weighted by Gasteiger charge is 2.23. The van der Waals surface area contributed by atoms with E-state index in [1.807, 2.05) is 18.2 Å². The van der Waals surface area contributed by atoms with Crippen LogP contribution in [-0.4, -0.2) is 44.9 Å². The quantitative estimate of drug-likeness (QED) is 0.827. The summed E-state index contributed by atoms with van der Waals surface area (Å²) in [4.78, 5) is 12.3. The van der Waals surface area contributed by atoms with Crippen molar-refractivity contribution in [3.8, 4) is 11.5 Å². The predicted octanol–water partition coefficient (Wildman–Crippen LogP) is 1.62. The van der Waals surface area contributed by atoms with Crippen molar-refractivity contribution < 1.29 is 19.0 Å². The Bertz CT molecular complexity index is 552. The van der Waals surface area contributed by atoms with Gasteiger partial charge in [0.05, 0.1) is 26.4 Å². The summed E-state index contributed by atoms with van der Waals surface area (Å²) in [6, 6.07) is 5.50. The van der Waals surface area contributed by atoms with Gasteiger partial charge in [-0.1, -0.05) is 12.1 Å². The van der Waals surface area contributed by atoms with E-state index < -0.39 is 0 Å². The summed E-state index contributed by atoms with van der Waals surface area (Å²) in [5.74, 6) is 1.41. The first-order valence-corrected chi connectivity index (χ1v) is 8.69. The highest BCUT2D eigenvalue weighted by molar-refractivity contribution is 5.82. The molecule has 3 rings (SSSR count). The lowest BCUT2D eigenvalue weighted by Crippen LogP contribution is -2.51. The highest BCUT2D eigenvalue weighted by Crippen LogP contribution is 2.34. The normalized spacial score (nSPS) is 21.5. The Morgan fingerprint density at radius 1 is 1.38 bits per heavy atom. The molecule has 2 fully saturated rings. The van der Waals surface area contributed by atoms with Crippen LogP contribution in [0.1, 0.15) is 31.2 Å². The molecule has 0 spiro atoms. The van der Waals surface area contributed by atoms with Gasteiger partial charge in [0.25, 0.3) is 0 Å². The number of ether oxygens (including phenoxy) is 3. The number of hydrogen-bond donors (Lipinski definition) is 2. The van der Waals surface area contributed by atoms with Crippen molar-refractivity contribution >= 4 is 5.91 Å². The fraction of sp³-hybridized carbons (Fsp3) is 0.611. The first-order valence-electron chi connectivity index (χ1n) is 8.69. The van der Waals surface area contributed by atoms with Crippen LogP contribution in [0.2, 0.25) is 0 Å². The molecule has 2 N–H and O–H groups in total.